The van der Waals surface area contributed by atoms with E-state index < -0.39 is 0 Å². The number of anilines is 1. The Hall–Kier alpha value is -2.29. The molecule has 0 bridgehead atoms. The molecule has 0 atom stereocenters. The van der Waals surface area contributed by atoms with Gasteiger partial charge >= 0.3 is 0 Å². The van der Waals surface area contributed by atoms with E-state index in [1.807, 2.05) is 36.9 Å². The minimum absolute atomic E-state index is 0.0606. The molecular formula is C17H18N2O. The summed E-state index contributed by atoms with van der Waals surface area (Å²) in [5, 5.41) is 0. The number of aryl methyl sites for hydroxylation is 2. The standard InChI is InChI=1S/C17H18N2O/c1-11-7-12(2)16(18)8-15(11)17(20)19-9-13-5-3-4-6-14(13)10-19/h3-8H,9-10,18H2,1-2H3. The third-order valence-electron chi connectivity index (χ3n) is 3.97. The van der Waals surface area contributed by atoms with E-state index in [9.17, 15) is 4.79 Å². The van der Waals surface area contributed by atoms with Gasteiger partial charge in [0.1, 0.15) is 0 Å². The van der Waals surface area contributed by atoms with Gasteiger partial charge in [0.15, 0.2) is 0 Å². The number of nitrogen functional groups attached to an aromatic ring is 1. The number of nitrogens with zero attached hydrogens (tertiary/aromatic N) is 1. The first kappa shape index (κ1) is 12.7. The molecule has 2 N–H and O–H groups in total. The molecule has 102 valence electrons. The van der Waals surface area contributed by atoms with Crippen LogP contribution in [-0.2, 0) is 13.1 Å². The van der Waals surface area contributed by atoms with Crippen molar-refractivity contribution < 1.29 is 4.79 Å². The first-order chi connectivity index (χ1) is 9.56. The molecule has 1 aliphatic heterocycles. The van der Waals surface area contributed by atoms with Crippen LogP contribution >= 0.6 is 0 Å². The average Bonchev–Trinajstić information content (AvgIpc) is 2.86. The molecule has 3 rings (SSSR count). The van der Waals surface area contributed by atoms with Crippen LogP contribution < -0.4 is 5.73 Å². The van der Waals surface area contributed by atoms with Crippen molar-refractivity contribution in [1.82, 2.24) is 4.90 Å². The maximum atomic E-state index is 12.7. The van der Waals surface area contributed by atoms with E-state index in [4.69, 9.17) is 5.73 Å². The van der Waals surface area contributed by atoms with Gasteiger partial charge in [-0.1, -0.05) is 30.3 Å². The van der Waals surface area contributed by atoms with Crippen LogP contribution in [0.5, 0.6) is 0 Å². The number of fused-ring (bicyclic) bond motifs is 1. The molecule has 2 aromatic carbocycles. The van der Waals surface area contributed by atoms with Crippen molar-refractivity contribution in [2.45, 2.75) is 26.9 Å². The molecule has 0 saturated heterocycles. The Morgan fingerprint density at radius 2 is 1.65 bits per heavy atom. The predicted octanol–water partition coefficient (Wildman–Crippen LogP) is 3.04. The Labute approximate surface area is 119 Å². The maximum absolute atomic E-state index is 12.7. The largest absolute Gasteiger partial charge is 0.398 e. The van der Waals surface area contributed by atoms with Crippen LogP contribution in [0, 0.1) is 13.8 Å². The Balaban J connectivity index is 1.90. The van der Waals surface area contributed by atoms with Gasteiger partial charge in [-0.05, 0) is 42.2 Å². The van der Waals surface area contributed by atoms with Crippen molar-refractivity contribution in [2.24, 2.45) is 0 Å². The smallest absolute Gasteiger partial charge is 0.254 e. The van der Waals surface area contributed by atoms with E-state index in [2.05, 4.69) is 12.1 Å². The van der Waals surface area contributed by atoms with Crippen molar-refractivity contribution in [3.8, 4) is 0 Å². The molecule has 1 heterocycles. The molecule has 0 aromatic heterocycles. The highest BCUT2D eigenvalue weighted by Crippen LogP contribution is 2.26. The molecule has 0 aliphatic carbocycles. The number of hydrogen-bond donors (Lipinski definition) is 1. The van der Waals surface area contributed by atoms with Gasteiger partial charge in [-0.3, -0.25) is 4.79 Å². The summed E-state index contributed by atoms with van der Waals surface area (Å²) in [6.07, 6.45) is 0. The van der Waals surface area contributed by atoms with Crippen LogP contribution in [0.4, 0.5) is 5.69 Å². The number of hydrogen-bond acceptors (Lipinski definition) is 2. The fraction of sp³-hybridized carbons (Fsp3) is 0.235. The van der Waals surface area contributed by atoms with Gasteiger partial charge in [-0.25, -0.2) is 0 Å². The van der Waals surface area contributed by atoms with Crippen LogP contribution in [0.15, 0.2) is 36.4 Å². The fourth-order valence-electron chi connectivity index (χ4n) is 2.75. The summed E-state index contributed by atoms with van der Waals surface area (Å²) in [7, 11) is 0. The summed E-state index contributed by atoms with van der Waals surface area (Å²) in [5.41, 5.74) is 11.8. The van der Waals surface area contributed by atoms with Gasteiger partial charge in [-0.2, -0.15) is 0 Å². The second-order valence-corrected chi connectivity index (χ2v) is 5.45. The molecule has 3 nitrogen and oxygen atoms in total. The minimum atomic E-state index is 0.0606. The van der Waals surface area contributed by atoms with E-state index in [0.29, 0.717) is 24.3 Å². The van der Waals surface area contributed by atoms with Crippen LogP contribution in [0.3, 0.4) is 0 Å². The van der Waals surface area contributed by atoms with Crippen LogP contribution in [0.1, 0.15) is 32.6 Å². The molecule has 0 radical (unpaired) electrons. The molecule has 0 fully saturated rings. The van der Waals surface area contributed by atoms with Crippen molar-refractivity contribution in [1.29, 1.82) is 0 Å². The van der Waals surface area contributed by atoms with Gasteiger partial charge in [0.25, 0.3) is 5.91 Å². The van der Waals surface area contributed by atoms with E-state index >= 15 is 0 Å². The Morgan fingerprint density at radius 1 is 1.05 bits per heavy atom. The summed E-state index contributed by atoms with van der Waals surface area (Å²) in [6, 6.07) is 12.0. The fourth-order valence-corrected chi connectivity index (χ4v) is 2.75. The lowest BCUT2D eigenvalue weighted by Gasteiger charge is -2.18. The molecule has 0 unspecified atom stereocenters. The van der Waals surface area contributed by atoms with E-state index in [0.717, 1.165) is 11.1 Å². The summed E-state index contributed by atoms with van der Waals surface area (Å²) in [5.74, 6) is 0.0606. The van der Waals surface area contributed by atoms with Crippen LogP contribution in [-0.4, -0.2) is 10.8 Å². The van der Waals surface area contributed by atoms with E-state index in [1.165, 1.54) is 11.1 Å². The lowest BCUT2D eigenvalue weighted by molar-refractivity contribution is 0.0750. The third-order valence-corrected chi connectivity index (χ3v) is 3.97. The number of benzene rings is 2. The number of carbonyl (C=O) groups is 1. The normalized spacial score (nSPS) is 13.4. The summed E-state index contributed by atoms with van der Waals surface area (Å²) < 4.78 is 0. The summed E-state index contributed by atoms with van der Waals surface area (Å²) in [4.78, 5) is 14.5. The second kappa shape index (κ2) is 4.67. The van der Waals surface area contributed by atoms with Gasteiger partial charge in [0.05, 0.1) is 0 Å². The highest BCUT2D eigenvalue weighted by Gasteiger charge is 2.25. The van der Waals surface area contributed by atoms with Gasteiger partial charge in [0, 0.05) is 24.3 Å². The van der Waals surface area contributed by atoms with Crippen molar-refractivity contribution in [3.63, 3.8) is 0 Å². The lowest BCUT2D eigenvalue weighted by Crippen LogP contribution is -2.26. The Bertz CT molecular complexity index is 666. The van der Waals surface area contributed by atoms with Gasteiger partial charge in [-0.15, -0.1) is 0 Å². The predicted molar refractivity (Wildman–Crippen MR) is 80.3 cm³/mol. The zero-order chi connectivity index (χ0) is 14.3. The van der Waals surface area contributed by atoms with Crippen molar-refractivity contribution >= 4 is 11.6 Å². The third kappa shape index (κ3) is 2.05. The Morgan fingerprint density at radius 3 is 2.25 bits per heavy atom. The number of rotatable bonds is 1. The molecular weight excluding hydrogens is 248 g/mol. The summed E-state index contributed by atoms with van der Waals surface area (Å²) >= 11 is 0. The molecule has 0 spiro atoms. The van der Waals surface area contributed by atoms with Gasteiger partial charge < -0.3 is 10.6 Å². The Kier molecular flexibility index (Phi) is 2.97. The van der Waals surface area contributed by atoms with E-state index in [1.54, 1.807) is 6.07 Å². The monoisotopic (exact) mass is 266 g/mol. The van der Waals surface area contributed by atoms with Crippen molar-refractivity contribution in [2.75, 3.05) is 5.73 Å². The summed E-state index contributed by atoms with van der Waals surface area (Å²) in [6.45, 7) is 5.29. The first-order valence-corrected chi connectivity index (χ1v) is 6.79. The van der Waals surface area contributed by atoms with Crippen LogP contribution in [0.2, 0.25) is 0 Å². The molecule has 1 amide bonds. The average molecular weight is 266 g/mol. The number of amides is 1. The van der Waals surface area contributed by atoms with Crippen molar-refractivity contribution in [3.05, 3.63) is 64.2 Å². The van der Waals surface area contributed by atoms with Gasteiger partial charge in [0.2, 0.25) is 0 Å². The maximum Gasteiger partial charge on any atom is 0.254 e. The highest BCUT2D eigenvalue weighted by atomic mass is 16.2. The number of carbonyl (C=O) groups excluding carboxylic acids is 1. The second-order valence-electron chi connectivity index (χ2n) is 5.45. The minimum Gasteiger partial charge on any atom is -0.398 e. The quantitative estimate of drug-likeness (QED) is 0.806. The molecule has 3 heteroatoms. The molecule has 1 aliphatic rings. The van der Waals surface area contributed by atoms with Crippen LogP contribution in [0.25, 0.3) is 0 Å². The molecule has 20 heavy (non-hydrogen) atoms. The highest BCUT2D eigenvalue weighted by molar-refractivity contribution is 5.97. The molecule has 2 aromatic rings. The molecule has 0 saturated carbocycles. The zero-order valence-electron chi connectivity index (χ0n) is 11.8. The number of nitrogens with two attached hydrogens (primary N) is 1. The zero-order valence-corrected chi connectivity index (χ0v) is 11.8. The lowest BCUT2D eigenvalue weighted by atomic mass is 10.0. The first-order valence-electron chi connectivity index (χ1n) is 6.79. The topological polar surface area (TPSA) is 46.3 Å². The SMILES string of the molecule is Cc1cc(C)c(C(=O)N2Cc3ccccc3C2)cc1N. The van der Waals surface area contributed by atoms with E-state index in [-0.39, 0.29) is 5.91 Å².